The molecule has 18 heavy (non-hydrogen) atoms. The average molecular weight is 327 g/mol. The topological polar surface area (TPSA) is 55.1 Å². The number of hydrogen-bond donors (Lipinski definition) is 1. The van der Waals surface area contributed by atoms with Crippen LogP contribution in [-0.4, -0.2) is 20.6 Å². The molecule has 2 aromatic rings. The maximum absolute atomic E-state index is 11.2. The van der Waals surface area contributed by atoms with Crippen LogP contribution >= 0.6 is 27.3 Å². The van der Waals surface area contributed by atoms with E-state index in [1.165, 1.54) is 0 Å². The monoisotopic (exact) mass is 326 g/mol. The average Bonchev–Trinajstić information content (AvgIpc) is 2.92. The summed E-state index contributed by atoms with van der Waals surface area (Å²) < 4.78 is 2.87. The molecule has 94 valence electrons. The lowest BCUT2D eigenvalue weighted by molar-refractivity contribution is 0.0677. The van der Waals surface area contributed by atoms with Crippen molar-refractivity contribution in [2.24, 2.45) is 0 Å². The Bertz CT molecular complexity index is 618. The summed E-state index contributed by atoms with van der Waals surface area (Å²) in [5.74, 6) is -0.774. The van der Waals surface area contributed by atoms with E-state index < -0.39 is 5.97 Å². The molecular weight excluding hydrogens is 316 g/mol. The summed E-state index contributed by atoms with van der Waals surface area (Å²) in [4.78, 5) is 16.6. The molecular formula is C12H11BrN2O2S. The fourth-order valence-corrected chi connectivity index (χ4v) is 3.78. The van der Waals surface area contributed by atoms with E-state index in [0.717, 1.165) is 46.5 Å². The fraction of sp³-hybridized carbons (Fsp3) is 0.333. The van der Waals surface area contributed by atoms with Crippen molar-refractivity contribution >= 4 is 33.2 Å². The number of imidazole rings is 1. The number of thiophene rings is 1. The number of carbonyl (C=O) groups is 1. The van der Waals surface area contributed by atoms with Crippen molar-refractivity contribution in [2.75, 3.05) is 0 Å². The summed E-state index contributed by atoms with van der Waals surface area (Å²) >= 11 is 5.01. The van der Waals surface area contributed by atoms with Crippen molar-refractivity contribution in [3.63, 3.8) is 0 Å². The predicted octanol–water partition coefficient (Wildman–Crippen LogP) is 3.41. The van der Waals surface area contributed by atoms with Crippen LogP contribution in [0.15, 0.2) is 15.9 Å². The standard InChI is InChI=1S/C12H11BrN2O2S/c13-7-5-9(18-6-7)10-8-3-1-2-4-15(8)11(14-10)12(16)17/h5-6H,1-4H2,(H,16,17). The number of halogens is 1. The molecule has 0 aromatic carbocycles. The highest BCUT2D eigenvalue weighted by molar-refractivity contribution is 9.10. The Morgan fingerprint density at radius 3 is 3.00 bits per heavy atom. The number of aromatic nitrogens is 2. The summed E-state index contributed by atoms with van der Waals surface area (Å²) in [7, 11) is 0. The van der Waals surface area contributed by atoms with E-state index in [1.807, 2.05) is 16.0 Å². The minimum Gasteiger partial charge on any atom is -0.475 e. The third kappa shape index (κ3) is 1.89. The first-order valence-corrected chi connectivity index (χ1v) is 7.41. The molecule has 0 radical (unpaired) electrons. The number of rotatable bonds is 2. The van der Waals surface area contributed by atoms with Crippen LogP contribution in [0, 0.1) is 0 Å². The van der Waals surface area contributed by atoms with Gasteiger partial charge in [-0.25, -0.2) is 9.78 Å². The van der Waals surface area contributed by atoms with Crippen LogP contribution in [0.5, 0.6) is 0 Å². The van der Waals surface area contributed by atoms with Gasteiger partial charge in [0.15, 0.2) is 0 Å². The molecule has 0 fully saturated rings. The Hall–Kier alpha value is -1.14. The maximum Gasteiger partial charge on any atom is 0.372 e. The van der Waals surface area contributed by atoms with Crippen molar-refractivity contribution in [3.05, 3.63) is 27.4 Å². The van der Waals surface area contributed by atoms with Gasteiger partial charge in [0.25, 0.3) is 0 Å². The molecule has 0 unspecified atom stereocenters. The SMILES string of the molecule is O=C(O)c1nc(-c2cc(Br)cs2)c2n1CCCC2. The van der Waals surface area contributed by atoms with Crippen LogP contribution in [0.25, 0.3) is 10.6 Å². The Balaban J connectivity index is 2.18. The molecule has 0 saturated heterocycles. The minimum absolute atomic E-state index is 0.171. The molecule has 2 aromatic heterocycles. The smallest absolute Gasteiger partial charge is 0.372 e. The summed E-state index contributed by atoms with van der Waals surface area (Å²) in [6.07, 6.45) is 3.03. The van der Waals surface area contributed by atoms with Crippen LogP contribution in [0.2, 0.25) is 0 Å². The third-order valence-corrected chi connectivity index (χ3v) is 4.81. The van der Waals surface area contributed by atoms with Gasteiger partial charge in [0, 0.05) is 22.1 Å². The zero-order valence-electron chi connectivity index (χ0n) is 9.52. The molecule has 3 heterocycles. The molecule has 0 amide bonds. The van der Waals surface area contributed by atoms with Crippen LogP contribution in [-0.2, 0) is 13.0 Å². The fourth-order valence-electron chi connectivity index (χ4n) is 2.34. The molecule has 0 aliphatic carbocycles. The van der Waals surface area contributed by atoms with E-state index in [0.29, 0.717) is 0 Å². The Labute approximate surface area is 116 Å². The van der Waals surface area contributed by atoms with E-state index in [1.54, 1.807) is 11.3 Å². The van der Waals surface area contributed by atoms with E-state index in [2.05, 4.69) is 20.9 Å². The number of carboxylic acid groups (broad SMARTS) is 1. The molecule has 0 saturated carbocycles. The summed E-state index contributed by atoms with van der Waals surface area (Å²) in [5, 5.41) is 11.2. The molecule has 1 N–H and O–H groups in total. The quantitative estimate of drug-likeness (QED) is 0.920. The van der Waals surface area contributed by atoms with Gasteiger partial charge in [0.05, 0.1) is 4.88 Å². The Kier molecular flexibility index (Phi) is 2.99. The lowest BCUT2D eigenvalue weighted by atomic mass is 10.1. The summed E-state index contributed by atoms with van der Waals surface area (Å²) in [6.45, 7) is 0.760. The number of carboxylic acids is 1. The Morgan fingerprint density at radius 1 is 1.50 bits per heavy atom. The van der Waals surface area contributed by atoms with Crippen molar-refractivity contribution in [2.45, 2.75) is 25.8 Å². The molecule has 3 rings (SSSR count). The normalized spacial score (nSPS) is 14.5. The first kappa shape index (κ1) is 11.9. The molecule has 0 spiro atoms. The van der Waals surface area contributed by atoms with Gasteiger partial charge in [0.1, 0.15) is 5.69 Å². The molecule has 4 nitrogen and oxygen atoms in total. The maximum atomic E-state index is 11.2. The second-order valence-electron chi connectivity index (χ2n) is 4.27. The minimum atomic E-state index is -0.944. The second-order valence-corrected chi connectivity index (χ2v) is 6.10. The lowest BCUT2D eigenvalue weighted by Crippen LogP contribution is -2.15. The van der Waals surface area contributed by atoms with Gasteiger partial charge in [0.2, 0.25) is 5.82 Å². The van der Waals surface area contributed by atoms with Gasteiger partial charge in [-0.05, 0) is 41.3 Å². The first-order chi connectivity index (χ1) is 8.66. The molecule has 6 heteroatoms. The molecule has 1 aliphatic heterocycles. The number of hydrogen-bond acceptors (Lipinski definition) is 3. The van der Waals surface area contributed by atoms with Crippen LogP contribution in [0.3, 0.4) is 0 Å². The van der Waals surface area contributed by atoms with Gasteiger partial charge >= 0.3 is 5.97 Å². The number of aromatic carboxylic acids is 1. The predicted molar refractivity (Wildman–Crippen MR) is 73.1 cm³/mol. The summed E-state index contributed by atoms with van der Waals surface area (Å²) in [5.41, 5.74) is 1.90. The highest BCUT2D eigenvalue weighted by Gasteiger charge is 2.24. The zero-order chi connectivity index (χ0) is 12.7. The van der Waals surface area contributed by atoms with E-state index in [-0.39, 0.29) is 5.82 Å². The van der Waals surface area contributed by atoms with Gasteiger partial charge < -0.3 is 9.67 Å². The number of fused-ring (bicyclic) bond motifs is 1. The number of nitrogens with zero attached hydrogens (tertiary/aromatic N) is 2. The first-order valence-electron chi connectivity index (χ1n) is 5.74. The zero-order valence-corrected chi connectivity index (χ0v) is 11.9. The van der Waals surface area contributed by atoms with Crippen LogP contribution in [0.4, 0.5) is 0 Å². The van der Waals surface area contributed by atoms with Gasteiger partial charge in [-0.3, -0.25) is 0 Å². The largest absolute Gasteiger partial charge is 0.475 e. The van der Waals surface area contributed by atoms with Gasteiger partial charge in [-0.1, -0.05) is 0 Å². The molecule has 0 bridgehead atoms. The van der Waals surface area contributed by atoms with Crippen molar-refractivity contribution in [3.8, 4) is 10.6 Å². The van der Waals surface area contributed by atoms with Crippen molar-refractivity contribution in [1.82, 2.24) is 9.55 Å². The van der Waals surface area contributed by atoms with Gasteiger partial charge in [-0.2, -0.15) is 0 Å². The third-order valence-electron chi connectivity index (χ3n) is 3.11. The Morgan fingerprint density at radius 2 is 2.33 bits per heavy atom. The summed E-state index contributed by atoms with van der Waals surface area (Å²) in [6, 6.07) is 1.99. The van der Waals surface area contributed by atoms with Crippen LogP contribution < -0.4 is 0 Å². The molecule has 1 aliphatic rings. The lowest BCUT2D eigenvalue weighted by Gasteiger charge is -2.15. The van der Waals surface area contributed by atoms with E-state index in [4.69, 9.17) is 0 Å². The van der Waals surface area contributed by atoms with Crippen molar-refractivity contribution < 1.29 is 9.90 Å². The molecule has 0 atom stereocenters. The van der Waals surface area contributed by atoms with E-state index in [9.17, 15) is 9.90 Å². The van der Waals surface area contributed by atoms with Crippen molar-refractivity contribution in [1.29, 1.82) is 0 Å². The highest BCUT2D eigenvalue weighted by Crippen LogP contribution is 2.34. The van der Waals surface area contributed by atoms with Crippen LogP contribution in [0.1, 0.15) is 29.2 Å². The second kappa shape index (κ2) is 4.51. The highest BCUT2D eigenvalue weighted by atomic mass is 79.9. The van der Waals surface area contributed by atoms with Gasteiger partial charge in [-0.15, -0.1) is 11.3 Å². The van der Waals surface area contributed by atoms with E-state index >= 15 is 0 Å².